The summed E-state index contributed by atoms with van der Waals surface area (Å²) in [4.78, 5) is 40.3. The minimum atomic E-state index is -0.294. The topological polar surface area (TPSA) is 66.5 Å². The van der Waals surface area contributed by atoms with Crippen molar-refractivity contribution in [1.82, 2.24) is 0 Å². The summed E-state index contributed by atoms with van der Waals surface area (Å²) in [5.74, 6) is -1.16. The van der Waals surface area contributed by atoms with Crippen LogP contribution in [0.15, 0.2) is 54.1 Å². The van der Waals surface area contributed by atoms with Gasteiger partial charge in [0.25, 0.3) is 5.91 Å². The van der Waals surface area contributed by atoms with Crippen molar-refractivity contribution in [2.75, 3.05) is 10.2 Å². The Morgan fingerprint density at radius 3 is 2.32 bits per heavy atom. The fraction of sp³-hybridized carbons (Fsp3) is 0.346. The minimum Gasteiger partial charge on any atom is -0.321 e. The minimum absolute atomic E-state index is 0.162. The quantitative estimate of drug-likeness (QED) is 0.556. The highest BCUT2D eigenvalue weighted by atomic mass is 16.2. The number of benzene rings is 2. The molecule has 1 N–H and O–H groups in total. The van der Waals surface area contributed by atoms with Crippen LogP contribution in [0.3, 0.4) is 0 Å². The van der Waals surface area contributed by atoms with Crippen LogP contribution in [0.1, 0.15) is 55.1 Å². The van der Waals surface area contributed by atoms with E-state index in [0.29, 0.717) is 24.1 Å². The summed E-state index contributed by atoms with van der Waals surface area (Å²) in [6.07, 6.45) is 4.91. The number of nitrogens with one attached hydrogen (secondary N) is 1. The number of nitrogens with zero attached hydrogens (tertiary/aromatic N) is 1. The number of hydrogen-bond acceptors (Lipinski definition) is 3. The fourth-order valence-electron chi connectivity index (χ4n) is 4.67. The lowest BCUT2D eigenvalue weighted by Crippen LogP contribution is -2.31. The third-order valence-electron chi connectivity index (χ3n) is 6.43. The van der Waals surface area contributed by atoms with E-state index >= 15 is 0 Å². The first-order valence-electron chi connectivity index (χ1n) is 11.0. The van der Waals surface area contributed by atoms with E-state index in [1.165, 1.54) is 4.90 Å². The summed E-state index contributed by atoms with van der Waals surface area (Å²) in [7, 11) is 0. The molecule has 2 aromatic carbocycles. The van der Waals surface area contributed by atoms with Gasteiger partial charge in [0, 0.05) is 11.3 Å². The van der Waals surface area contributed by atoms with Gasteiger partial charge in [0.05, 0.1) is 17.5 Å². The molecular formula is C26H28N2O3. The van der Waals surface area contributed by atoms with Crippen molar-refractivity contribution in [3.8, 4) is 0 Å². The van der Waals surface area contributed by atoms with Gasteiger partial charge in [0.2, 0.25) is 11.8 Å². The second-order valence-corrected chi connectivity index (χ2v) is 8.38. The molecule has 160 valence electrons. The number of hydrogen-bond donors (Lipinski definition) is 1. The van der Waals surface area contributed by atoms with E-state index in [0.717, 1.165) is 35.2 Å². The molecule has 1 aliphatic heterocycles. The molecule has 2 aliphatic rings. The first-order valence-corrected chi connectivity index (χ1v) is 11.0. The fourth-order valence-corrected chi connectivity index (χ4v) is 4.67. The van der Waals surface area contributed by atoms with Crippen molar-refractivity contribution in [3.63, 3.8) is 0 Å². The third-order valence-corrected chi connectivity index (χ3v) is 6.43. The predicted molar refractivity (Wildman–Crippen MR) is 122 cm³/mol. The molecule has 5 nitrogen and oxygen atoms in total. The maximum absolute atomic E-state index is 13.1. The Bertz CT molecular complexity index is 1060. The van der Waals surface area contributed by atoms with Gasteiger partial charge in [-0.15, -0.1) is 0 Å². The Morgan fingerprint density at radius 2 is 1.65 bits per heavy atom. The summed E-state index contributed by atoms with van der Waals surface area (Å²) in [5.41, 5.74) is 5.06. The Morgan fingerprint density at radius 1 is 1.00 bits per heavy atom. The standard InChI is InChI=1S/C26H28N2O3/c1-4-17-8-6-9-18(5-2)23(17)27-24(29)19-10-7-11-20(15-19)28-25(30)21-13-12-16(3)14-22(21)26(28)31/h6-12,15,21-22H,4-5,13-14H2,1-3H3,(H,27,29)/t21-,22+/m0/s1. The third kappa shape index (κ3) is 3.80. The molecule has 3 amide bonds. The smallest absolute Gasteiger partial charge is 0.255 e. The Hall–Kier alpha value is -3.21. The number of amides is 3. The molecule has 0 spiro atoms. The van der Waals surface area contributed by atoms with Crippen LogP contribution in [0.2, 0.25) is 0 Å². The van der Waals surface area contributed by atoms with E-state index < -0.39 is 0 Å². The van der Waals surface area contributed by atoms with Crippen LogP contribution >= 0.6 is 0 Å². The van der Waals surface area contributed by atoms with Crippen molar-refractivity contribution >= 4 is 29.1 Å². The average molecular weight is 417 g/mol. The maximum atomic E-state index is 13.1. The Kier molecular flexibility index (Phi) is 5.77. The van der Waals surface area contributed by atoms with Crippen LogP contribution in [0.5, 0.6) is 0 Å². The number of rotatable bonds is 5. The summed E-state index contributed by atoms with van der Waals surface area (Å²) >= 11 is 0. The van der Waals surface area contributed by atoms with Crippen LogP contribution in [0.4, 0.5) is 11.4 Å². The molecule has 0 radical (unpaired) electrons. The molecular weight excluding hydrogens is 388 g/mol. The van der Waals surface area contributed by atoms with Crippen molar-refractivity contribution in [3.05, 3.63) is 70.8 Å². The van der Waals surface area contributed by atoms with Gasteiger partial charge in [0.15, 0.2) is 0 Å². The van der Waals surface area contributed by atoms with Crippen molar-refractivity contribution in [2.24, 2.45) is 11.8 Å². The number of aryl methyl sites for hydroxylation is 2. The zero-order valence-corrected chi connectivity index (χ0v) is 18.3. The molecule has 1 heterocycles. The molecule has 1 saturated heterocycles. The number of carbonyl (C=O) groups is 3. The zero-order chi connectivity index (χ0) is 22.1. The van der Waals surface area contributed by atoms with Crippen LogP contribution in [0.25, 0.3) is 0 Å². The van der Waals surface area contributed by atoms with Crippen molar-refractivity contribution in [2.45, 2.75) is 46.5 Å². The number of anilines is 2. The highest BCUT2D eigenvalue weighted by Gasteiger charge is 2.48. The lowest BCUT2D eigenvalue weighted by molar-refractivity contribution is -0.122. The highest BCUT2D eigenvalue weighted by molar-refractivity contribution is 6.22. The first-order chi connectivity index (χ1) is 14.9. The van der Waals surface area contributed by atoms with Crippen molar-refractivity contribution in [1.29, 1.82) is 0 Å². The van der Waals surface area contributed by atoms with Gasteiger partial charge >= 0.3 is 0 Å². The normalized spacial score (nSPS) is 20.5. The largest absolute Gasteiger partial charge is 0.321 e. The Balaban J connectivity index is 1.61. The van der Waals surface area contributed by atoms with E-state index in [9.17, 15) is 14.4 Å². The molecule has 1 aliphatic carbocycles. The average Bonchev–Trinajstić information content (AvgIpc) is 3.03. The first kappa shape index (κ1) is 21.0. The Labute approximate surface area is 183 Å². The number of carbonyl (C=O) groups excluding carboxylic acids is 3. The molecule has 4 rings (SSSR count). The van der Waals surface area contributed by atoms with E-state index in [4.69, 9.17) is 0 Å². The summed E-state index contributed by atoms with van der Waals surface area (Å²) in [5, 5.41) is 3.06. The summed E-state index contributed by atoms with van der Waals surface area (Å²) in [6.45, 7) is 6.12. The van der Waals surface area contributed by atoms with E-state index in [-0.39, 0.29) is 29.6 Å². The summed E-state index contributed by atoms with van der Waals surface area (Å²) in [6, 6.07) is 12.8. The van der Waals surface area contributed by atoms with Crippen LogP contribution in [0, 0.1) is 11.8 Å². The van der Waals surface area contributed by atoms with E-state index in [1.807, 2.05) is 25.1 Å². The maximum Gasteiger partial charge on any atom is 0.255 e. The van der Waals surface area contributed by atoms with E-state index in [1.54, 1.807) is 24.3 Å². The molecule has 0 unspecified atom stereocenters. The van der Waals surface area contributed by atoms with Crippen LogP contribution < -0.4 is 10.2 Å². The van der Waals surface area contributed by atoms with Gasteiger partial charge in [0.1, 0.15) is 0 Å². The summed E-state index contributed by atoms with van der Waals surface area (Å²) < 4.78 is 0. The monoisotopic (exact) mass is 416 g/mol. The van der Waals surface area contributed by atoms with Crippen molar-refractivity contribution < 1.29 is 14.4 Å². The lowest BCUT2D eigenvalue weighted by atomic mass is 9.82. The molecule has 5 heteroatoms. The number of allylic oxidation sites excluding steroid dienone is 2. The van der Waals surface area contributed by atoms with Gasteiger partial charge in [-0.1, -0.05) is 49.8 Å². The molecule has 0 aromatic heterocycles. The molecule has 0 bridgehead atoms. The molecule has 2 atom stereocenters. The number of para-hydroxylation sites is 1. The van der Waals surface area contributed by atoms with Crippen LogP contribution in [-0.2, 0) is 22.4 Å². The molecule has 2 aromatic rings. The number of imide groups is 1. The SMILES string of the molecule is CCc1cccc(CC)c1NC(=O)c1cccc(N2C(=O)[C@H]3CC=C(C)C[C@H]3C2=O)c1. The zero-order valence-electron chi connectivity index (χ0n) is 18.3. The van der Waals surface area contributed by atoms with Gasteiger partial charge in [-0.3, -0.25) is 19.3 Å². The second-order valence-electron chi connectivity index (χ2n) is 8.38. The predicted octanol–water partition coefficient (Wildman–Crippen LogP) is 4.91. The number of fused-ring (bicyclic) bond motifs is 1. The van der Waals surface area contributed by atoms with E-state index in [2.05, 4.69) is 25.2 Å². The van der Waals surface area contributed by atoms with Gasteiger partial charge in [-0.25, -0.2) is 0 Å². The van der Waals surface area contributed by atoms with Gasteiger partial charge in [-0.05, 0) is 61.9 Å². The van der Waals surface area contributed by atoms with Gasteiger partial charge in [-0.2, -0.15) is 0 Å². The van der Waals surface area contributed by atoms with Crippen LogP contribution in [-0.4, -0.2) is 17.7 Å². The highest BCUT2D eigenvalue weighted by Crippen LogP contribution is 2.39. The molecule has 31 heavy (non-hydrogen) atoms. The lowest BCUT2D eigenvalue weighted by Gasteiger charge is -2.18. The van der Waals surface area contributed by atoms with Gasteiger partial charge < -0.3 is 5.32 Å². The second kappa shape index (κ2) is 8.50. The molecule has 0 saturated carbocycles. The molecule has 1 fully saturated rings.